The number of carbonyl (C=O) groups excluding carboxylic acids is 3. The van der Waals surface area contributed by atoms with Crippen LogP contribution < -0.4 is 35.9 Å². The molecule has 0 bridgehead atoms. The summed E-state index contributed by atoms with van der Waals surface area (Å²) in [6.45, 7) is 6.44. The zero-order chi connectivity index (χ0) is 48.0. The summed E-state index contributed by atoms with van der Waals surface area (Å²) in [7, 11) is -6.72. The molecule has 4 atom stereocenters. The molecule has 66 heavy (non-hydrogen) atoms. The molecule has 3 amide bonds. The molecule has 4 aromatic carbocycles. The van der Waals surface area contributed by atoms with Crippen molar-refractivity contribution in [2.24, 2.45) is 10.7 Å². The molecular weight excluding hydrogens is 905 g/mol. The Bertz CT molecular complexity index is 2690. The van der Waals surface area contributed by atoms with Crippen LogP contribution in [0.5, 0.6) is 5.75 Å². The number of aliphatic imine (C=N–C) groups is 1. The smallest absolute Gasteiger partial charge is 0.264 e. The van der Waals surface area contributed by atoms with Gasteiger partial charge in [-0.15, -0.1) is 11.3 Å². The number of anilines is 1. The fraction of sp³-hybridized carbons (Fsp3) is 0.326. The number of aryl methyl sites for hydroxylation is 1. The topological polar surface area (TPSA) is 260 Å². The molecule has 0 saturated heterocycles. The number of sulfonamides is 2. The van der Waals surface area contributed by atoms with Crippen LogP contribution in [0.4, 0.5) is 5.69 Å². The second-order valence-corrected chi connectivity index (χ2v) is 20.0. The lowest BCUT2D eigenvalue weighted by molar-refractivity contribution is -0.130. The minimum Gasteiger partial charge on any atom is -0.496 e. The first-order valence-electron chi connectivity index (χ1n) is 21.0. The third-order valence-corrected chi connectivity index (χ3v) is 14.4. The van der Waals surface area contributed by atoms with Crippen molar-refractivity contribution in [3.63, 3.8) is 0 Å². The summed E-state index contributed by atoms with van der Waals surface area (Å²) < 4.78 is 64.2. The van der Waals surface area contributed by atoms with Gasteiger partial charge in [-0.3, -0.25) is 19.4 Å². The third-order valence-electron chi connectivity index (χ3n) is 10.5. The Labute approximate surface area is 389 Å². The number of aromatic nitrogens is 1. The molecule has 8 N–H and O–H groups in total. The average Bonchev–Trinajstić information content (AvgIpc) is 3.81. The lowest BCUT2D eigenvalue weighted by Crippen LogP contribution is -2.56. The number of nitrogens with zero attached hydrogens (tertiary/aromatic N) is 2. The summed E-state index contributed by atoms with van der Waals surface area (Å²) in [6, 6.07) is 22.0. The van der Waals surface area contributed by atoms with E-state index >= 15 is 0 Å². The molecule has 0 aliphatic carbocycles. The number of hydrogen-bond donors (Lipinski definition) is 7. The predicted molar refractivity (Wildman–Crippen MR) is 255 cm³/mol. The van der Waals surface area contributed by atoms with Gasteiger partial charge in [0.15, 0.2) is 0 Å². The first-order valence-corrected chi connectivity index (χ1v) is 25.0. The number of aliphatic hydroxyl groups is 1. The number of carbonyl (C=O) groups is 3. The Balaban J connectivity index is 1.38. The molecule has 5 aromatic rings. The van der Waals surface area contributed by atoms with Gasteiger partial charge in [0.25, 0.3) is 10.0 Å². The zero-order valence-corrected chi connectivity index (χ0v) is 39.7. The number of nitrogens with two attached hydrogens (primary N) is 1. The third kappa shape index (κ3) is 14.7. The van der Waals surface area contributed by atoms with Gasteiger partial charge in [0.1, 0.15) is 28.9 Å². The van der Waals surface area contributed by atoms with Crippen LogP contribution in [0.25, 0.3) is 0 Å². The number of rotatable bonds is 22. The van der Waals surface area contributed by atoms with Crippen molar-refractivity contribution < 1.29 is 41.1 Å². The second-order valence-electron chi connectivity index (χ2n) is 15.7. The molecule has 1 heterocycles. The molecule has 0 saturated carbocycles. The van der Waals surface area contributed by atoms with Crippen LogP contribution in [0.15, 0.2) is 112 Å². The summed E-state index contributed by atoms with van der Waals surface area (Å²) in [5.41, 5.74) is 9.96. The Kier molecular flexibility index (Phi) is 17.9. The highest BCUT2D eigenvalue weighted by atomic mass is 32.2. The minimum absolute atomic E-state index is 0.00395. The van der Waals surface area contributed by atoms with Gasteiger partial charge in [0.05, 0.1) is 23.8 Å². The predicted octanol–water partition coefficient (Wildman–Crippen LogP) is 4.09. The maximum absolute atomic E-state index is 14.5. The van der Waals surface area contributed by atoms with Crippen LogP contribution in [-0.4, -0.2) is 82.4 Å². The fourth-order valence-electron chi connectivity index (χ4n) is 7.26. The molecule has 0 aliphatic heterocycles. The molecule has 5 rings (SSSR count). The molecule has 1 aromatic heterocycles. The van der Waals surface area contributed by atoms with Crippen molar-refractivity contribution in [3.8, 4) is 5.75 Å². The molecule has 0 radical (unpaired) electrons. The number of methoxy groups -OCH3 is 1. The van der Waals surface area contributed by atoms with Gasteiger partial charge in [0.2, 0.25) is 33.7 Å². The van der Waals surface area contributed by atoms with Gasteiger partial charge >= 0.3 is 0 Å². The lowest BCUT2D eigenvalue weighted by Gasteiger charge is -2.27. The van der Waals surface area contributed by atoms with E-state index in [-0.39, 0.29) is 49.0 Å². The molecule has 1 unspecified atom stereocenters. The molecule has 352 valence electrons. The van der Waals surface area contributed by atoms with E-state index in [4.69, 9.17) is 10.5 Å². The van der Waals surface area contributed by atoms with Crippen LogP contribution in [-0.2, 0) is 53.0 Å². The monoisotopic (exact) mass is 960 g/mol. The number of amides is 3. The van der Waals surface area contributed by atoms with Crippen LogP contribution in [0.3, 0.4) is 0 Å². The van der Waals surface area contributed by atoms with Crippen molar-refractivity contribution in [2.75, 3.05) is 19.0 Å². The van der Waals surface area contributed by atoms with E-state index < -0.39 is 61.8 Å². The van der Waals surface area contributed by atoms with Crippen molar-refractivity contribution in [1.29, 1.82) is 0 Å². The van der Waals surface area contributed by atoms with E-state index in [1.807, 2.05) is 0 Å². The number of thiazole rings is 1. The summed E-state index contributed by atoms with van der Waals surface area (Å²) >= 11 is 1.17. The van der Waals surface area contributed by atoms with Crippen molar-refractivity contribution in [2.45, 2.75) is 88.3 Å². The standard InChI is InChI=1S/C46H56N8O9S3/c1-29-25-40(63-5)30(2)31(3)42(29)66(61,62)54-46(47)49-22-12-17-37(41(56)45-48-23-24-64-45)51-43(57)38(26-34-18-20-36(21-19-34)50-32(4)55)52-44(58)39(27-33-13-8-6-9-14-33)53-65(59,60)28-35-15-10-7-11-16-35/h6-11,13-16,18-21,23-25,37-39,41,53,56H,12,17,22,26-28H2,1-5H3,(H,50,55)(H,51,57)(H,52,58)(H3,47,49,54)/t37-,38-,39+,41?/m0/s1. The first-order chi connectivity index (χ1) is 31.4. The highest BCUT2D eigenvalue weighted by molar-refractivity contribution is 7.90. The van der Waals surface area contributed by atoms with Gasteiger partial charge < -0.3 is 31.5 Å². The maximum atomic E-state index is 14.5. The van der Waals surface area contributed by atoms with Crippen LogP contribution in [0.1, 0.15) is 64.3 Å². The number of benzene rings is 4. The van der Waals surface area contributed by atoms with E-state index in [0.29, 0.717) is 49.8 Å². The van der Waals surface area contributed by atoms with Gasteiger partial charge in [-0.2, -0.15) is 0 Å². The van der Waals surface area contributed by atoms with Crippen molar-refractivity contribution >= 4 is 60.8 Å². The molecule has 20 heteroatoms. The number of hydrogen-bond acceptors (Lipinski definition) is 12. The van der Waals surface area contributed by atoms with E-state index in [0.717, 1.165) is 0 Å². The number of aliphatic hydroxyl groups excluding tert-OH is 1. The van der Waals surface area contributed by atoms with Crippen LogP contribution in [0.2, 0.25) is 0 Å². The maximum Gasteiger partial charge on any atom is 0.264 e. The highest BCUT2D eigenvalue weighted by Crippen LogP contribution is 2.30. The second kappa shape index (κ2) is 23.3. The quantitative estimate of drug-likeness (QED) is 0.0295. The van der Waals surface area contributed by atoms with Crippen LogP contribution in [0, 0.1) is 20.8 Å². The molecule has 0 aliphatic rings. The van der Waals surface area contributed by atoms with E-state index in [1.54, 1.807) is 117 Å². The van der Waals surface area contributed by atoms with Crippen molar-refractivity contribution in [1.82, 2.24) is 25.1 Å². The molecule has 0 spiro atoms. The Morgan fingerprint density at radius 1 is 0.833 bits per heavy atom. The lowest BCUT2D eigenvalue weighted by atomic mass is 10.0. The average molecular weight is 961 g/mol. The summed E-state index contributed by atoms with van der Waals surface area (Å²) in [5.74, 6) is -1.95. The number of ether oxygens (including phenoxy) is 1. The Morgan fingerprint density at radius 3 is 2.05 bits per heavy atom. The summed E-state index contributed by atoms with van der Waals surface area (Å²) in [4.78, 5) is 49.0. The van der Waals surface area contributed by atoms with Gasteiger partial charge in [0, 0.05) is 37.2 Å². The summed E-state index contributed by atoms with van der Waals surface area (Å²) in [5, 5.41) is 21.9. The Hall–Kier alpha value is -6.19. The number of nitrogens with one attached hydrogen (secondary N) is 5. The fourth-order valence-corrected chi connectivity index (χ4v) is 10.8. The van der Waals surface area contributed by atoms with E-state index in [1.165, 1.54) is 31.6 Å². The minimum atomic E-state index is -4.14. The van der Waals surface area contributed by atoms with Gasteiger partial charge in [-0.1, -0.05) is 72.8 Å². The highest BCUT2D eigenvalue weighted by Gasteiger charge is 2.32. The Morgan fingerprint density at radius 2 is 1.44 bits per heavy atom. The molecule has 0 fully saturated rings. The van der Waals surface area contributed by atoms with Crippen LogP contribution >= 0.6 is 11.3 Å². The SMILES string of the molecule is COc1cc(C)c(S(=O)(=O)NC(N)=NCCC[C@H](NC(=O)[C@H](Cc2ccc(NC(C)=O)cc2)NC(=O)[C@@H](Cc2ccccc2)NS(=O)(=O)Cc2ccccc2)C(O)c2nccs2)c(C)c1C. The van der Waals surface area contributed by atoms with E-state index in [9.17, 15) is 36.3 Å². The zero-order valence-electron chi connectivity index (χ0n) is 37.3. The molecule has 17 nitrogen and oxygen atoms in total. The molecular formula is C46H56N8O9S3. The van der Waals surface area contributed by atoms with Crippen molar-refractivity contribution in [3.05, 3.63) is 141 Å². The van der Waals surface area contributed by atoms with Gasteiger partial charge in [-0.05, 0) is 91.6 Å². The first kappa shape index (κ1) is 50.8. The van der Waals surface area contributed by atoms with E-state index in [2.05, 4.69) is 35.4 Å². The largest absolute Gasteiger partial charge is 0.496 e. The van der Waals surface area contributed by atoms with Gasteiger partial charge in [-0.25, -0.2) is 31.3 Å². The number of guanidine groups is 1. The normalized spacial score (nSPS) is 13.8. The summed E-state index contributed by atoms with van der Waals surface area (Å²) in [6.07, 6.45) is 0.409.